The third-order valence-electron chi connectivity index (χ3n) is 3.25. The van der Waals surface area contributed by atoms with Gasteiger partial charge in [0, 0.05) is 10.0 Å². The molecule has 0 saturated heterocycles. The van der Waals surface area contributed by atoms with Crippen LogP contribution in [0.15, 0.2) is 22.7 Å². The Bertz CT molecular complexity index is 462. The van der Waals surface area contributed by atoms with Gasteiger partial charge in [0.2, 0.25) is 0 Å². The van der Waals surface area contributed by atoms with Gasteiger partial charge in [-0.15, -0.1) is 0 Å². The van der Waals surface area contributed by atoms with E-state index < -0.39 is 11.8 Å². The minimum absolute atomic E-state index is 0.228. The highest BCUT2D eigenvalue weighted by Crippen LogP contribution is 2.37. The van der Waals surface area contributed by atoms with Gasteiger partial charge < -0.3 is 5.11 Å². The number of aliphatic carboxylic acids is 1. The predicted octanol–water partition coefficient (Wildman–Crippen LogP) is 3.37. The molecule has 1 aromatic carbocycles. The summed E-state index contributed by atoms with van der Waals surface area (Å²) in [5.74, 6) is -1.73. The minimum Gasteiger partial charge on any atom is -0.475 e. The van der Waals surface area contributed by atoms with E-state index in [1.807, 2.05) is 6.07 Å². The van der Waals surface area contributed by atoms with E-state index in [4.69, 9.17) is 5.11 Å². The van der Waals surface area contributed by atoms with Crippen LogP contribution in [-0.4, -0.2) is 16.9 Å². The van der Waals surface area contributed by atoms with Gasteiger partial charge in [-0.25, -0.2) is 4.79 Å². The fourth-order valence-corrected chi connectivity index (χ4v) is 3.06. The van der Waals surface area contributed by atoms with Crippen LogP contribution in [0.25, 0.3) is 0 Å². The predicted molar refractivity (Wildman–Crippen MR) is 67.3 cm³/mol. The summed E-state index contributed by atoms with van der Waals surface area (Å²) in [7, 11) is 0. The third kappa shape index (κ3) is 2.57. The number of rotatable bonds is 3. The lowest BCUT2D eigenvalue weighted by molar-refractivity contribution is -0.131. The number of hydrogen-bond donors (Lipinski definition) is 1. The van der Waals surface area contributed by atoms with E-state index in [1.165, 1.54) is 31.2 Å². The van der Waals surface area contributed by atoms with Crippen LogP contribution in [0.3, 0.4) is 0 Å². The zero-order chi connectivity index (χ0) is 12.4. The highest BCUT2D eigenvalue weighted by atomic mass is 79.9. The van der Waals surface area contributed by atoms with Crippen molar-refractivity contribution in [1.29, 1.82) is 0 Å². The lowest BCUT2D eigenvalue weighted by Crippen LogP contribution is -2.12. The molecule has 0 bridgehead atoms. The molecule has 90 valence electrons. The topological polar surface area (TPSA) is 54.4 Å². The second-order valence-corrected chi connectivity index (χ2v) is 5.21. The van der Waals surface area contributed by atoms with Crippen LogP contribution in [0.4, 0.5) is 0 Å². The van der Waals surface area contributed by atoms with E-state index in [0.29, 0.717) is 5.92 Å². The summed E-state index contributed by atoms with van der Waals surface area (Å²) in [5, 5.41) is 8.64. The summed E-state index contributed by atoms with van der Waals surface area (Å²) in [4.78, 5) is 21.9. The highest BCUT2D eigenvalue weighted by Gasteiger charge is 2.21. The maximum Gasteiger partial charge on any atom is 0.377 e. The molecule has 0 aromatic heterocycles. The first-order valence-electron chi connectivity index (χ1n) is 5.66. The molecule has 0 atom stereocenters. The maximum absolute atomic E-state index is 11.3. The number of ketones is 1. The van der Waals surface area contributed by atoms with E-state index in [2.05, 4.69) is 15.9 Å². The summed E-state index contributed by atoms with van der Waals surface area (Å²) in [6.45, 7) is 0. The first kappa shape index (κ1) is 12.3. The first-order valence-corrected chi connectivity index (χ1v) is 6.46. The number of hydrogen-bond acceptors (Lipinski definition) is 2. The molecule has 1 N–H and O–H groups in total. The fourth-order valence-electron chi connectivity index (χ4n) is 2.36. The normalized spacial score (nSPS) is 16.1. The maximum atomic E-state index is 11.3. The zero-order valence-corrected chi connectivity index (χ0v) is 10.9. The highest BCUT2D eigenvalue weighted by molar-refractivity contribution is 9.10. The van der Waals surface area contributed by atoms with Crippen molar-refractivity contribution >= 4 is 27.7 Å². The quantitative estimate of drug-likeness (QED) is 0.687. The lowest BCUT2D eigenvalue weighted by Gasteiger charge is -2.12. The second-order valence-electron chi connectivity index (χ2n) is 4.35. The van der Waals surface area contributed by atoms with Crippen LogP contribution in [-0.2, 0) is 4.79 Å². The molecule has 1 saturated carbocycles. The van der Waals surface area contributed by atoms with Crippen molar-refractivity contribution in [3.63, 3.8) is 0 Å². The van der Waals surface area contributed by atoms with Crippen molar-refractivity contribution in [3.8, 4) is 0 Å². The van der Waals surface area contributed by atoms with Gasteiger partial charge in [-0.05, 0) is 30.4 Å². The molecule has 1 aliphatic rings. The minimum atomic E-state index is -1.41. The van der Waals surface area contributed by atoms with Crippen LogP contribution in [0.1, 0.15) is 47.5 Å². The zero-order valence-electron chi connectivity index (χ0n) is 9.28. The Labute approximate surface area is 108 Å². The van der Waals surface area contributed by atoms with Gasteiger partial charge in [0.05, 0.1) is 0 Å². The number of benzene rings is 1. The third-order valence-corrected chi connectivity index (χ3v) is 3.94. The fraction of sp³-hybridized carbons (Fsp3) is 0.385. The Morgan fingerprint density at radius 1 is 1.24 bits per heavy atom. The van der Waals surface area contributed by atoms with E-state index >= 15 is 0 Å². The molecule has 0 aliphatic heterocycles. The SMILES string of the molecule is O=C(O)C(=O)c1ccc(C2CCCC2)c(Br)c1. The Kier molecular flexibility index (Phi) is 3.62. The van der Waals surface area contributed by atoms with Crippen molar-refractivity contribution < 1.29 is 14.7 Å². The molecule has 3 nitrogen and oxygen atoms in total. The molecule has 0 radical (unpaired) electrons. The van der Waals surface area contributed by atoms with E-state index in [9.17, 15) is 9.59 Å². The molecule has 0 unspecified atom stereocenters. The average Bonchev–Trinajstić information content (AvgIpc) is 2.81. The Balaban J connectivity index is 2.28. The number of Topliss-reactive ketones (excluding diaryl/α,β-unsaturated/α-hetero) is 1. The molecule has 17 heavy (non-hydrogen) atoms. The van der Waals surface area contributed by atoms with Gasteiger partial charge in [-0.1, -0.05) is 40.9 Å². The summed E-state index contributed by atoms with van der Waals surface area (Å²) in [6, 6.07) is 5.09. The van der Waals surface area contributed by atoms with Crippen molar-refractivity contribution in [1.82, 2.24) is 0 Å². The summed E-state index contributed by atoms with van der Waals surface area (Å²) in [5.41, 5.74) is 1.41. The van der Waals surface area contributed by atoms with Crippen molar-refractivity contribution in [2.75, 3.05) is 0 Å². The van der Waals surface area contributed by atoms with Gasteiger partial charge in [0.15, 0.2) is 0 Å². The first-order chi connectivity index (χ1) is 8.09. The number of carboxylic acid groups (broad SMARTS) is 1. The van der Waals surface area contributed by atoms with Crippen LogP contribution in [0.5, 0.6) is 0 Å². The molecule has 4 heteroatoms. The van der Waals surface area contributed by atoms with Gasteiger partial charge in [0.25, 0.3) is 5.78 Å². The Hall–Kier alpha value is -1.16. The molecular weight excluding hydrogens is 284 g/mol. The van der Waals surface area contributed by atoms with E-state index in [1.54, 1.807) is 12.1 Å². The van der Waals surface area contributed by atoms with E-state index in [0.717, 1.165) is 4.47 Å². The number of carbonyl (C=O) groups is 2. The number of halogens is 1. The van der Waals surface area contributed by atoms with Crippen molar-refractivity contribution in [2.24, 2.45) is 0 Å². The van der Waals surface area contributed by atoms with Crippen molar-refractivity contribution in [3.05, 3.63) is 33.8 Å². The number of carboxylic acids is 1. The standard InChI is InChI=1S/C13H13BrO3/c14-11-7-9(12(15)13(16)17)5-6-10(11)8-3-1-2-4-8/h5-8H,1-4H2,(H,16,17). The molecule has 0 spiro atoms. The largest absolute Gasteiger partial charge is 0.475 e. The van der Waals surface area contributed by atoms with E-state index in [-0.39, 0.29) is 5.56 Å². The molecule has 1 aliphatic carbocycles. The Morgan fingerprint density at radius 2 is 1.88 bits per heavy atom. The van der Waals surface area contributed by atoms with Crippen LogP contribution in [0.2, 0.25) is 0 Å². The molecule has 0 amide bonds. The Morgan fingerprint density at radius 3 is 2.41 bits per heavy atom. The molecular formula is C13H13BrO3. The average molecular weight is 297 g/mol. The van der Waals surface area contributed by atoms with Crippen LogP contribution >= 0.6 is 15.9 Å². The monoisotopic (exact) mass is 296 g/mol. The smallest absolute Gasteiger partial charge is 0.377 e. The van der Waals surface area contributed by atoms with Gasteiger partial charge in [0.1, 0.15) is 0 Å². The van der Waals surface area contributed by atoms with Crippen molar-refractivity contribution in [2.45, 2.75) is 31.6 Å². The van der Waals surface area contributed by atoms with Gasteiger partial charge in [-0.2, -0.15) is 0 Å². The molecule has 1 aromatic rings. The lowest BCUT2D eigenvalue weighted by atomic mass is 9.96. The van der Waals surface area contributed by atoms with Gasteiger partial charge >= 0.3 is 5.97 Å². The van der Waals surface area contributed by atoms with Crippen LogP contribution in [0, 0.1) is 0 Å². The summed E-state index contributed by atoms with van der Waals surface area (Å²) in [6.07, 6.45) is 4.83. The summed E-state index contributed by atoms with van der Waals surface area (Å²) < 4.78 is 0.844. The molecule has 0 heterocycles. The second kappa shape index (κ2) is 5.00. The van der Waals surface area contributed by atoms with Crippen LogP contribution < -0.4 is 0 Å². The summed E-state index contributed by atoms with van der Waals surface area (Å²) >= 11 is 3.43. The number of carbonyl (C=O) groups excluding carboxylic acids is 1. The molecule has 1 fully saturated rings. The van der Waals surface area contributed by atoms with Gasteiger partial charge in [-0.3, -0.25) is 4.79 Å². The molecule has 2 rings (SSSR count).